The maximum absolute atomic E-state index is 12.4. The Hall–Kier alpha value is -1.62. The number of nitriles is 1. The van der Waals surface area contributed by atoms with Gasteiger partial charge in [0.05, 0.1) is 5.56 Å². The van der Waals surface area contributed by atoms with E-state index >= 15 is 0 Å². The number of aliphatic carboxylic acids is 1. The molecule has 0 aliphatic carbocycles. The molecule has 1 rings (SSSR count). The lowest BCUT2D eigenvalue weighted by Gasteiger charge is -2.23. The molecule has 0 saturated carbocycles. The molecule has 20 heavy (non-hydrogen) atoms. The van der Waals surface area contributed by atoms with Crippen LogP contribution in [0.2, 0.25) is 5.02 Å². The van der Waals surface area contributed by atoms with Gasteiger partial charge < -0.3 is 5.11 Å². The second-order valence-corrected chi connectivity index (χ2v) is 6.44. The van der Waals surface area contributed by atoms with Crippen LogP contribution >= 0.6 is 11.6 Å². The van der Waals surface area contributed by atoms with Crippen molar-refractivity contribution in [3.05, 3.63) is 28.8 Å². The number of hydrogen-bond acceptors (Lipinski definition) is 4. The summed E-state index contributed by atoms with van der Waals surface area (Å²) in [5.74, 6) is -1.25. The molecular weight excluding hydrogens is 304 g/mol. The van der Waals surface area contributed by atoms with Crippen molar-refractivity contribution in [2.75, 3.05) is 7.05 Å². The topological polar surface area (TPSA) is 98.5 Å². The molecule has 1 atom stereocenters. The van der Waals surface area contributed by atoms with Gasteiger partial charge in [0.2, 0.25) is 10.0 Å². The molecule has 0 spiro atoms. The lowest BCUT2D eigenvalue weighted by molar-refractivity contribution is -0.141. The normalized spacial score (nSPS) is 12.9. The fraction of sp³-hybridized carbons (Fsp3) is 0.333. The average Bonchev–Trinajstić information content (AvgIpc) is 2.38. The van der Waals surface area contributed by atoms with E-state index in [-0.39, 0.29) is 21.9 Å². The quantitative estimate of drug-likeness (QED) is 0.891. The number of likely N-dealkylation sites (N-methyl/N-ethyl adjacent to an activating group) is 1. The van der Waals surface area contributed by atoms with Gasteiger partial charge in [-0.05, 0) is 24.6 Å². The van der Waals surface area contributed by atoms with Crippen LogP contribution in [0, 0.1) is 11.3 Å². The smallest absolute Gasteiger partial charge is 0.321 e. The summed E-state index contributed by atoms with van der Waals surface area (Å²) < 4.78 is 25.6. The summed E-state index contributed by atoms with van der Waals surface area (Å²) in [7, 11) is -2.95. The summed E-state index contributed by atoms with van der Waals surface area (Å²) in [6.07, 6.45) is 0.105. The molecular formula is C12H13ClN2O4S. The Labute approximate surface area is 122 Å². The van der Waals surface area contributed by atoms with Gasteiger partial charge >= 0.3 is 5.97 Å². The monoisotopic (exact) mass is 316 g/mol. The lowest BCUT2D eigenvalue weighted by atomic mass is 10.2. The lowest BCUT2D eigenvalue weighted by Crippen LogP contribution is -2.42. The van der Waals surface area contributed by atoms with Crippen molar-refractivity contribution >= 4 is 27.6 Å². The van der Waals surface area contributed by atoms with Gasteiger partial charge in [-0.2, -0.15) is 9.57 Å². The molecule has 0 aromatic heterocycles. The Morgan fingerprint density at radius 2 is 2.15 bits per heavy atom. The van der Waals surface area contributed by atoms with E-state index in [1.807, 2.05) is 0 Å². The van der Waals surface area contributed by atoms with Gasteiger partial charge in [-0.15, -0.1) is 0 Å². The highest BCUT2D eigenvalue weighted by molar-refractivity contribution is 7.89. The highest BCUT2D eigenvalue weighted by atomic mass is 35.5. The third-order valence-electron chi connectivity index (χ3n) is 2.83. The minimum atomic E-state index is -4.12. The zero-order valence-corrected chi connectivity index (χ0v) is 12.4. The van der Waals surface area contributed by atoms with Gasteiger partial charge in [-0.25, -0.2) is 8.42 Å². The summed E-state index contributed by atoms with van der Waals surface area (Å²) in [4.78, 5) is 10.8. The molecule has 1 aromatic carbocycles. The Balaban J connectivity index is 3.41. The van der Waals surface area contributed by atoms with E-state index in [1.165, 1.54) is 19.2 Å². The van der Waals surface area contributed by atoms with Gasteiger partial charge in [0, 0.05) is 12.1 Å². The van der Waals surface area contributed by atoms with Gasteiger partial charge in [0.25, 0.3) is 0 Å². The largest absolute Gasteiger partial charge is 0.480 e. The maximum atomic E-state index is 12.4. The molecule has 0 amide bonds. The van der Waals surface area contributed by atoms with E-state index in [4.69, 9.17) is 22.0 Å². The minimum Gasteiger partial charge on any atom is -0.480 e. The molecule has 0 heterocycles. The molecule has 0 saturated heterocycles. The number of carboxylic acids is 1. The number of rotatable bonds is 5. The highest BCUT2D eigenvalue weighted by Gasteiger charge is 2.33. The van der Waals surface area contributed by atoms with Crippen LogP contribution in [0.3, 0.4) is 0 Å². The highest BCUT2D eigenvalue weighted by Crippen LogP contribution is 2.24. The average molecular weight is 317 g/mol. The van der Waals surface area contributed by atoms with Crippen LogP contribution in [0.4, 0.5) is 0 Å². The number of nitrogens with zero attached hydrogens (tertiary/aromatic N) is 2. The number of carboxylic acid groups (broad SMARTS) is 1. The van der Waals surface area contributed by atoms with Crippen molar-refractivity contribution in [3.63, 3.8) is 0 Å². The van der Waals surface area contributed by atoms with E-state index in [2.05, 4.69) is 0 Å². The first kappa shape index (κ1) is 16.4. The van der Waals surface area contributed by atoms with Crippen LogP contribution in [0.5, 0.6) is 0 Å². The fourth-order valence-corrected chi connectivity index (χ4v) is 3.50. The summed E-state index contributed by atoms with van der Waals surface area (Å²) in [5.41, 5.74) is -0.0820. The third-order valence-corrected chi connectivity index (χ3v) is 4.97. The molecule has 0 bridgehead atoms. The minimum absolute atomic E-state index is 0.0820. The molecule has 0 aliphatic rings. The summed E-state index contributed by atoms with van der Waals surface area (Å²) in [5, 5.41) is 18.2. The third kappa shape index (κ3) is 3.10. The Bertz CT molecular complexity index is 667. The molecule has 0 fully saturated rings. The first-order chi connectivity index (χ1) is 9.25. The van der Waals surface area contributed by atoms with E-state index in [0.717, 1.165) is 10.4 Å². The first-order valence-electron chi connectivity index (χ1n) is 5.66. The number of carbonyl (C=O) groups is 1. The van der Waals surface area contributed by atoms with Crippen LogP contribution in [0.15, 0.2) is 23.1 Å². The van der Waals surface area contributed by atoms with Crippen molar-refractivity contribution < 1.29 is 18.3 Å². The van der Waals surface area contributed by atoms with Crippen molar-refractivity contribution in [3.8, 4) is 6.07 Å². The standard InChI is InChI=1S/C12H13ClN2O4S/c1-3-10(12(16)17)15(2)20(18,19)11-6-9(13)5-4-8(11)7-14/h4-6,10H,3H2,1-2H3,(H,16,17). The Morgan fingerprint density at radius 3 is 2.60 bits per heavy atom. The second kappa shape index (κ2) is 6.22. The number of hydrogen-bond donors (Lipinski definition) is 1. The Kier molecular flexibility index (Phi) is 5.11. The summed E-state index contributed by atoms with van der Waals surface area (Å²) >= 11 is 5.75. The predicted octanol–water partition coefficient (Wildman–Crippen LogP) is 1.70. The van der Waals surface area contributed by atoms with Crippen LogP contribution < -0.4 is 0 Å². The zero-order chi connectivity index (χ0) is 15.5. The molecule has 1 aromatic rings. The number of sulfonamides is 1. The molecule has 1 N–H and O–H groups in total. The van der Waals surface area contributed by atoms with E-state index < -0.39 is 22.0 Å². The van der Waals surface area contributed by atoms with Crippen molar-refractivity contribution in [1.82, 2.24) is 4.31 Å². The van der Waals surface area contributed by atoms with E-state index in [1.54, 1.807) is 13.0 Å². The fourth-order valence-electron chi connectivity index (χ4n) is 1.71. The van der Waals surface area contributed by atoms with Gasteiger partial charge in [-0.3, -0.25) is 4.79 Å². The maximum Gasteiger partial charge on any atom is 0.321 e. The van der Waals surface area contributed by atoms with Gasteiger partial charge in [-0.1, -0.05) is 18.5 Å². The molecule has 6 nitrogen and oxygen atoms in total. The predicted molar refractivity (Wildman–Crippen MR) is 72.8 cm³/mol. The molecule has 0 radical (unpaired) electrons. The molecule has 0 aliphatic heterocycles. The zero-order valence-electron chi connectivity index (χ0n) is 10.9. The Morgan fingerprint density at radius 1 is 1.55 bits per heavy atom. The summed E-state index contributed by atoms with van der Waals surface area (Å²) in [6.45, 7) is 1.56. The second-order valence-electron chi connectivity index (χ2n) is 4.04. The van der Waals surface area contributed by atoms with Gasteiger partial charge in [0.15, 0.2) is 0 Å². The van der Waals surface area contributed by atoms with Crippen LogP contribution in [0.1, 0.15) is 18.9 Å². The summed E-state index contributed by atoms with van der Waals surface area (Å²) in [6, 6.07) is 4.37. The van der Waals surface area contributed by atoms with Crippen LogP contribution in [-0.2, 0) is 14.8 Å². The molecule has 1 unspecified atom stereocenters. The van der Waals surface area contributed by atoms with Crippen molar-refractivity contribution in [1.29, 1.82) is 5.26 Å². The van der Waals surface area contributed by atoms with Crippen molar-refractivity contribution in [2.24, 2.45) is 0 Å². The SMILES string of the molecule is CCC(C(=O)O)N(C)S(=O)(=O)c1cc(Cl)ccc1C#N. The molecule has 8 heteroatoms. The first-order valence-corrected chi connectivity index (χ1v) is 7.48. The van der Waals surface area contributed by atoms with E-state index in [0.29, 0.717) is 0 Å². The number of halogens is 1. The van der Waals surface area contributed by atoms with Gasteiger partial charge in [0.1, 0.15) is 17.0 Å². The van der Waals surface area contributed by atoms with Crippen molar-refractivity contribution in [2.45, 2.75) is 24.3 Å². The van der Waals surface area contributed by atoms with Crippen LogP contribution in [-0.4, -0.2) is 36.9 Å². The van der Waals surface area contributed by atoms with Crippen LogP contribution in [0.25, 0.3) is 0 Å². The molecule has 108 valence electrons. The number of benzene rings is 1. The van der Waals surface area contributed by atoms with E-state index in [9.17, 15) is 13.2 Å².